The highest BCUT2D eigenvalue weighted by Gasteiger charge is 2.20. The van der Waals surface area contributed by atoms with Gasteiger partial charge in [-0.25, -0.2) is 4.98 Å². The third-order valence-corrected chi connectivity index (χ3v) is 4.23. The summed E-state index contributed by atoms with van der Waals surface area (Å²) in [7, 11) is 0. The van der Waals surface area contributed by atoms with Crippen molar-refractivity contribution in [1.29, 1.82) is 0 Å². The van der Waals surface area contributed by atoms with Crippen molar-refractivity contribution in [3.8, 4) is 22.6 Å². The largest absolute Gasteiger partial charge is 0.455 e. The zero-order valence-electron chi connectivity index (χ0n) is 14.6. The minimum absolute atomic E-state index is 0.122. The maximum absolute atomic E-state index is 12.1. The minimum atomic E-state index is -0.215. The van der Waals surface area contributed by atoms with E-state index in [1.807, 2.05) is 19.1 Å². The first kappa shape index (κ1) is 17.9. The maximum atomic E-state index is 12.1. The molecule has 0 atom stereocenters. The van der Waals surface area contributed by atoms with E-state index in [1.54, 1.807) is 30.5 Å². The molecular weight excluding hydrogens is 352 g/mol. The predicted octanol–water partition coefficient (Wildman–Crippen LogP) is 5.13. The molecule has 0 bridgehead atoms. The van der Waals surface area contributed by atoms with E-state index in [2.05, 4.69) is 10.3 Å². The number of hydrogen-bond donors (Lipinski definition) is 1. The molecule has 1 N–H and O–H groups in total. The molecule has 0 unspecified atom stereocenters. The minimum Gasteiger partial charge on any atom is -0.455 e. The quantitative estimate of drug-likeness (QED) is 0.648. The van der Waals surface area contributed by atoms with Crippen LogP contribution in [0, 0.1) is 6.92 Å². The lowest BCUT2D eigenvalue weighted by atomic mass is 10.0. The predicted molar refractivity (Wildman–Crippen MR) is 101 cm³/mol. The second-order valence-corrected chi connectivity index (χ2v) is 6.36. The fourth-order valence-electron chi connectivity index (χ4n) is 2.67. The summed E-state index contributed by atoms with van der Waals surface area (Å²) >= 11 is 6.28. The van der Waals surface area contributed by atoms with E-state index in [0.717, 1.165) is 11.1 Å². The first-order valence-electron chi connectivity index (χ1n) is 8.01. The van der Waals surface area contributed by atoms with Crippen LogP contribution in [-0.2, 0) is 4.79 Å². The molecule has 0 fully saturated rings. The van der Waals surface area contributed by atoms with Crippen LogP contribution in [0.2, 0.25) is 5.02 Å². The monoisotopic (exact) mass is 368 g/mol. The van der Waals surface area contributed by atoms with Gasteiger partial charge in [-0.1, -0.05) is 23.7 Å². The van der Waals surface area contributed by atoms with Crippen LogP contribution in [0.25, 0.3) is 22.6 Å². The van der Waals surface area contributed by atoms with Crippen molar-refractivity contribution < 1.29 is 14.0 Å². The molecule has 0 spiro atoms. The molecule has 1 amide bonds. The van der Waals surface area contributed by atoms with Gasteiger partial charge in [0.2, 0.25) is 5.91 Å². The Bertz CT molecular complexity index is 1010. The van der Waals surface area contributed by atoms with E-state index >= 15 is 0 Å². The van der Waals surface area contributed by atoms with Crippen molar-refractivity contribution in [2.24, 2.45) is 0 Å². The van der Waals surface area contributed by atoms with Crippen LogP contribution < -0.4 is 5.32 Å². The normalized spacial score (nSPS) is 10.6. The van der Waals surface area contributed by atoms with Gasteiger partial charge in [-0.05, 0) is 43.7 Å². The highest BCUT2D eigenvalue weighted by atomic mass is 35.5. The van der Waals surface area contributed by atoms with E-state index in [9.17, 15) is 9.59 Å². The molecule has 0 aliphatic carbocycles. The van der Waals surface area contributed by atoms with Crippen molar-refractivity contribution >= 4 is 29.1 Å². The second kappa shape index (κ2) is 7.14. The van der Waals surface area contributed by atoms with Gasteiger partial charge >= 0.3 is 0 Å². The van der Waals surface area contributed by atoms with Crippen LogP contribution in [0.3, 0.4) is 0 Å². The summed E-state index contributed by atoms with van der Waals surface area (Å²) in [5.74, 6) is 1.02. The fourth-order valence-corrected chi connectivity index (χ4v) is 2.89. The SMILES string of the molecule is CC(=O)Nc1cc(-c2cc(C(C)=O)c(-c3ccccc3Cl)o2)c(C)cn1. The molecule has 5 nitrogen and oxygen atoms in total. The highest BCUT2D eigenvalue weighted by Crippen LogP contribution is 2.37. The first-order valence-corrected chi connectivity index (χ1v) is 8.39. The average Bonchev–Trinajstić information content (AvgIpc) is 3.01. The van der Waals surface area contributed by atoms with Crippen LogP contribution in [0.1, 0.15) is 29.8 Å². The number of Topliss-reactive ketones (excluding diaryl/α,β-unsaturated/α-hetero) is 1. The Balaban J connectivity index is 2.16. The van der Waals surface area contributed by atoms with Gasteiger partial charge in [0, 0.05) is 24.2 Å². The standard InChI is InChI=1S/C20H17ClN2O3/c1-11-10-22-19(23-13(3)25)9-15(11)18-8-16(12(2)24)20(26-18)14-6-4-5-7-17(14)21/h4-10H,1-3H3,(H,22,23,25). The van der Waals surface area contributed by atoms with Crippen molar-refractivity contribution in [1.82, 2.24) is 4.98 Å². The highest BCUT2D eigenvalue weighted by molar-refractivity contribution is 6.33. The molecule has 2 heterocycles. The number of halogens is 1. The number of nitrogens with one attached hydrogen (secondary N) is 1. The summed E-state index contributed by atoms with van der Waals surface area (Å²) in [4.78, 5) is 27.6. The number of hydrogen-bond acceptors (Lipinski definition) is 4. The molecule has 6 heteroatoms. The molecule has 0 radical (unpaired) electrons. The number of aryl methyl sites for hydroxylation is 1. The molecule has 2 aromatic heterocycles. The van der Waals surface area contributed by atoms with Gasteiger partial charge in [0.05, 0.1) is 10.6 Å². The number of rotatable bonds is 4. The third-order valence-electron chi connectivity index (χ3n) is 3.90. The maximum Gasteiger partial charge on any atom is 0.222 e. The van der Waals surface area contributed by atoms with E-state index in [4.69, 9.17) is 16.0 Å². The number of benzene rings is 1. The van der Waals surface area contributed by atoms with E-state index < -0.39 is 0 Å². The molecule has 0 saturated heterocycles. The summed E-state index contributed by atoms with van der Waals surface area (Å²) < 4.78 is 6.02. The number of pyridine rings is 1. The Morgan fingerprint density at radius 3 is 2.50 bits per heavy atom. The van der Waals surface area contributed by atoms with Crippen molar-refractivity contribution in [2.75, 3.05) is 5.32 Å². The lowest BCUT2D eigenvalue weighted by Crippen LogP contribution is -2.07. The molecule has 3 aromatic rings. The lowest BCUT2D eigenvalue weighted by Gasteiger charge is -2.06. The van der Waals surface area contributed by atoms with Gasteiger partial charge in [0.25, 0.3) is 0 Å². The second-order valence-electron chi connectivity index (χ2n) is 5.96. The number of furan rings is 1. The zero-order chi connectivity index (χ0) is 18.8. The zero-order valence-corrected chi connectivity index (χ0v) is 15.3. The fraction of sp³-hybridized carbons (Fsp3) is 0.150. The van der Waals surface area contributed by atoms with Crippen molar-refractivity contribution in [2.45, 2.75) is 20.8 Å². The molecule has 0 saturated carbocycles. The summed E-state index contributed by atoms with van der Waals surface area (Å²) in [6.07, 6.45) is 1.64. The van der Waals surface area contributed by atoms with Gasteiger partial charge in [-0.15, -0.1) is 0 Å². The Hall–Kier alpha value is -2.92. The molecule has 0 aliphatic rings. The van der Waals surface area contributed by atoms with Gasteiger partial charge in [0.15, 0.2) is 5.78 Å². The van der Waals surface area contributed by atoms with E-state index in [1.165, 1.54) is 13.8 Å². The first-order chi connectivity index (χ1) is 12.4. The Morgan fingerprint density at radius 1 is 1.12 bits per heavy atom. The van der Waals surface area contributed by atoms with Gasteiger partial charge < -0.3 is 9.73 Å². The molecule has 1 aromatic carbocycles. The Labute approximate surface area is 156 Å². The number of nitrogens with zero attached hydrogens (tertiary/aromatic N) is 1. The molecule has 0 aliphatic heterocycles. The van der Waals surface area contributed by atoms with Crippen molar-refractivity contribution in [3.63, 3.8) is 0 Å². The molecular formula is C20H17ClN2O3. The number of carbonyl (C=O) groups excluding carboxylic acids is 2. The number of amides is 1. The summed E-state index contributed by atoms with van der Waals surface area (Å²) in [5, 5.41) is 3.15. The summed E-state index contributed by atoms with van der Waals surface area (Å²) in [6, 6.07) is 10.6. The Morgan fingerprint density at radius 2 is 1.85 bits per heavy atom. The van der Waals surface area contributed by atoms with Crippen LogP contribution in [0.4, 0.5) is 5.82 Å². The third kappa shape index (κ3) is 3.53. The summed E-state index contributed by atoms with van der Waals surface area (Å²) in [5.41, 5.74) is 2.70. The molecule has 132 valence electrons. The van der Waals surface area contributed by atoms with Gasteiger partial charge in [-0.3, -0.25) is 9.59 Å². The average molecular weight is 369 g/mol. The molecule has 3 rings (SSSR count). The van der Waals surface area contributed by atoms with Crippen LogP contribution in [0.5, 0.6) is 0 Å². The van der Waals surface area contributed by atoms with Crippen LogP contribution in [0.15, 0.2) is 47.0 Å². The number of carbonyl (C=O) groups is 2. The van der Waals surface area contributed by atoms with E-state index in [0.29, 0.717) is 33.5 Å². The van der Waals surface area contributed by atoms with Crippen molar-refractivity contribution in [3.05, 3.63) is 58.7 Å². The van der Waals surface area contributed by atoms with E-state index in [-0.39, 0.29) is 11.7 Å². The van der Waals surface area contributed by atoms with Gasteiger partial charge in [-0.2, -0.15) is 0 Å². The van der Waals surface area contributed by atoms with Gasteiger partial charge in [0.1, 0.15) is 17.3 Å². The Kier molecular flexibility index (Phi) is 4.91. The number of anilines is 1. The van der Waals surface area contributed by atoms with Crippen LogP contribution in [-0.4, -0.2) is 16.7 Å². The number of aromatic nitrogens is 1. The van der Waals surface area contributed by atoms with Crippen LogP contribution >= 0.6 is 11.6 Å². The summed E-state index contributed by atoms with van der Waals surface area (Å²) in [6.45, 7) is 4.78. The number of ketones is 1. The lowest BCUT2D eigenvalue weighted by molar-refractivity contribution is -0.114. The topological polar surface area (TPSA) is 72.2 Å². The smallest absolute Gasteiger partial charge is 0.222 e. The molecule has 26 heavy (non-hydrogen) atoms.